The van der Waals surface area contributed by atoms with Crippen molar-refractivity contribution in [2.75, 3.05) is 44.2 Å². The number of hydrogen-bond donors (Lipinski definition) is 0. The fourth-order valence-corrected chi connectivity index (χ4v) is 5.03. The first-order valence-electron chi connectivity index (χ1n) is 12.7. The lowest BCUT2D eigenvalue weighted by Gasteiger charge is -2.36. The molecule has 1 aliphatic rings. The molecule has 0 amide bonds. The number of nitroso groups, excluding NO2 is 1. The van der Waals surface area contributed by atoms with Crippen LogP contribution in [0.5, 0.6) is 0 Å². The molecule has 0 unspecified atom stereocenters. The number of anilines is 1. The minimum absolute atomic E-state index is 0.233. The van der Waals surface area contributed by atoms with Crippen LogP contribution in [0.4, 0.5) is 5.69 Å². The number of furan rings is 1. The van der Waals surface area contributed by atoms with Crippen molar-refractivity contribution in [1.82, 2.24) is 9.58 Å². The van der Waals surface area contributed by atoms with Crippen molar-refractivity contribution in [3.8, 4) is 6.07 Å². The van der Waals surface area contributed by atoms with Gasteiger partial charge in [-0.1, -0.05) is 0 Å². The van der Waals surface area contributed by atoms with Crippen LogP contribution in [0.15, 0.2) is 58.4 Å². The number of benzene rings is 2. The molecule has 190 valence electrons. The minimum Gasteiger partial charge on any atom is -0.460 e. The van der Waals surface area contributed by atoms with Gasteiger partial charge in [-0.3, -0.25) is 4.90 Å². The molecule has 4 aromatic rings. The van der Waals surface area contributed by atoms with E-state index in [1.54, 1.807) is 31.3 Å². The van der Waals surface area contributed by atoms with E-state index < -0.39 is 5.97 Å². The summed E-state index contributed by atoms with van der Waals surface area (Å²) in [5.41, 5.74) is 4.19. The molecule has 1 fully saturated rings. The van der Waals surface area contributed by atoms with Crippen LogP contribution in [-0.2, 0) is 11.2 Å². The Balaban J connectivity index is 1.12. The van der Waals surface area contributed by atoms with E-state index in [2.05, 4.69) is 27.2 Å². The highest BCUT2D eigenvalue weighted by atomic mass is 16.5. The average Bonchev–Trinajstić information content (AvgIpc) is 3.52. The van der Waals surface area contributed by atoms with Crippen LogP contribution in [0, 0.1) is 16.2 Å². The molecule has 2 aromatic carbocycles. The molecule has 0 radical (unpaired) electrons. The fourth-order valence-electron chi connectivity index (χ4n) is 5.03. The highest BCUT2D eigenvalue weighted by Gasteiger charge is 2.19. The summed E-state index contributed by atoms with van der Waals surface area (Å²) in [6, 6.07) is 15.3. The molecule has 5 rings (SSSR count). The van der Waals surface area contributed by atoms with Crippen LogP contribution in [-0.4, -0.2) is 54.9 Å². The van der Waals surface area contributed by atoms with Gasteiger partial charge in [0.1, 0.15) is 5.58 Å². The predicted octanol–water partition coefficient (Wildman–Crippen LogP) is 5.11. The lowest BCUT2D eigenvalue weighted by Crippen LogP contribution is -2.46. The fraction of sp³-hybridized carbons (Fsp3) is 0.357. The molecular formula is C28H29N5O4. The molecular weight excluding hydrogens is 470 g/mol. The zero-order valence-electron chi connectivity index (χ0n) is 20.9. The number of unbranched alkanes of at least 4 members (excludes halogenated alkanes) is 1. The predicted molar refractivity (Wildman–Crippen MR) is 142 cm³/mol. The number of carbonyl (C=O) groups excluding carboxylic acids is 1. The molecule has 0 aliphatic carbocycles. The molecule has 1 aliphatic heterocycles. The van der Waals surface area contributed by atoms with Gasteiger partial charge in [-0.25, -0.2) is 9.47 Å². The Morgan fingerprint density at radius 1 is 1.11 bits per heavy atom. The maximum absolute atomic E-state index is 12.0. The van der Waals surface area contributed by atoms with E-state index in [0.717, 1.165) is 79.5 Å². The molecule has 0 spiro atoms. The van der Waals surface area contributed by atoms with E-state index in [-0.39, 0.29) is 5.76 Å². The monoisotopic (exact) mass is 499 g/mol. The van der Waals surface area contributed by atoms with Crippen LogP contribution in [0.2, 0.25) is 0 Å². The second-order valence-electron chi connectivity index (χ2n) is 9.26. The average molecular weight is 500 g/mol. The molecule has 3 heterocycles. The molecule has 1 saturated heterocycles. The lowest BCUT2D eigenvalue weighted by molar-refractivity contribution is 0.0492. The van der Waals surface area contributed by atoms with Crippen LogP contribution >= 0.6 is 0 Å². The Hall–Kier alpha value is -4.16. The number of aryl methyl sites for hydroxylation is 1. The van der Waals surface area contributed by atoms with Crippen molar-refractivity contribution in [2.45, 2.75) is 26.2 Å². The van der Waals surface area contributed by atoms with Gasteiger partial charge in [-0.05, 0) is 80.8 Å². The maximum Gasteiger partial charge on any atom is 0.374 e. The Morgan fingerprint density at radius 3 is 2.70 bits per heavy atom. The minimum atomic E-state index is -0.438. The highest BCUT2D eigenvalue weighted by Crippen LogP contribution is 2.27. The molecule has 0 bridgehead atoms. The molecule has 9 nitrogen and oxygen atoms in total. The first-order chi connectivity index (χ1) is 18.1. The van der Waals surface area contributed by atoms with Crippen molar-refractivity contribution >= 4 is 33.5 Å². The summed E-state index contributed by atoms with van der Waals surface area (Å²) >= 11 is 0. The number of hydrogen-bond acceptors (Lipinski definition) is 8. The smallest absolute Gasteiger partial charge is 0.374 e. The molecule has 0 N–H and O–H groups in total. The van der Waals surface area contributed by atoms with Crippen LogP contribution in [0.3, 0.4) is 0 Å². The largest absolute Gasteiger partial charge is 0.460 e. The Kier molecular flexibility index (Phi) is 7.19. The highest BCUT2D eigenvalue weighted by molar-refractivity contribution is 5.93. The summed E-state index contributed by atoms with van der Waals surface area (Å²) in [4.78, 5) is 28.0. The number of ether oxygens (including phenoxy) is 1. The summed E-state index contributed by atoms with van der Waals surface area (Å²) < 4.78 is 12.0. The first kappa shape index (κ1) is 24.5. The molecule has 0 saturated carbocycles. The van der Waals surface area contributed by atoms with E-state index in [9.17, 15) is 15.0 Å². The number of fused-ring (bicyclic) bond motifs is 2. The lowest BCUT2D eigenvalue weighted by atomic mass is 10.1. The third kappa shape index (κ3) is 5.20. The normalized spacial score (nSPS) is 14.2. The van der Waals surface area contributed by atoms with Crippen LogP contribution in [0.1, 0.15) is 41.4 Å². The summed E-state index contributed by atoms with van der Waals surface area (Å²) in [5, 5.41) is 14.1. The zero-order valence-corrected chi connectivity index (χ0v) is 20.9. The van der Waals surface area contributed by atoms with E-state index in [4.69, 9.17) is 9.15 Å². The molecule has 2 aromatic heterocycles. The van der Waals surface area contributed by atoms with Gasteiger partial charge in [0, 0.05) is 48.8 Å². The zero-order chi connectivity index (χ0) is 25.8. The van der Waals surface area contributed by atoms with Crippen molar-refractivity contribution in [3.63, 3.8) is 0 Å². The number of esters is 1. The van der Waals surface area contributed by atoms with Crippen molar-refractivity contribution in [3.05, 3.63) is 70.5 Å². The van der Waals surface area contributed by atoms with E-state index in [1.807, 2.05) is 18.2 Å². The number of nitrogens with zero attached hydrogens (tertiary/aromatic N) is 5. The van der Waals surface area contributed by atoms with Crippen LogP contribution in [0.25, 0.3) is 21.9 Å². The van der Waals surface area contributed by atoms with Gasteiger partial charge in [0.05, 0.1) is 29.0 Å². The maximum atomic E-state index is 12.0. The first-order valence-corrected chi connectivity index (χ1v) is 12.7. The van der Waals surface area contributed by atoms with Gasteiger partial charge in [0.2, 0.25) is 5.76 Å². The third-order valence-corrected chi connectivity index (χ3v) is 6.97. The van der Waals surface area contributed by atoms with E-state index in [1.165, 1.54) is 4.68 Å². The van der Waals surface area contributed by atoms with Crippen LogP contribution < -0.4 is 4.90 Å². The van der Waals surface area contributed by atoms with E-state index >= 15 is 0 Å². The van der Waals surface area contributed by atoms with Gasteiger partial charge in [0.15, 0.2) is 0 Å². The standard InChI is InChI=1S/C28H29N5O4/c1-2-36-28(34)27-17-22-16-23(7-9-26(22)37-27)32-13-11-31(12-14-32)10-4-3-5-21-19-33(30-35)25-8-6-20(18-29)15-24(21)25/h6-9,15-17,19H,2-5,10-14H2,1H3. The SMILES string of the molecule is CCOC(=O)c1cc2cc(N3CCN(CCCCc4cn(N=O)c5ccc(C#N)cc45)CC3)ccc2o1. The van der Waals surface area contributed by atoms with Crippen molar-refractivity contribution < 1.29 is 13.9 Å². The molecule has 37 heavy (non-hydrogen) atoms. The summed E-state index contributed by atoms with van der Waals surface area (Å²) in [7, 11) is 0. The molecule has 9 heteroatoms. The van der Waals surface area contributed by atoms with Crippen molar-refractivity contribution in [1.29, 1.82) is 5.26 Å². The van der Waals surface area contributed by atoms with E-state index in [0.29, 0.717) is 17.8 Å². The number of carbonyl (C=O) groups is 1. The second-order valence-corrected chi connectivity index (χ2v) is 9.26. The van der Waals surface area contributed by atoms with Crippen molar-refractivity contribution in [2.24, 2.45) is 5.29 Å². The Labute approximate surface area is 214 Å². The van der Waals surface area contributed by atoms with Gasteiger partial charge < -0.3 is 14.1 Å². The van der Waals surface area contributed by atoms with Gasteiger partial charge in [-0.15, -0.1) is 4.91 Å². The van der Waals surface area contributed by atoms with Gasteiger partial charge >= 0.3 is 5.97 Å². The molecule has 0 atom stereocenters. The number of nitriles is 1. The number of aromatic nitrogens is 1. The third-order valence-electron chi connectivity index (χ3n) is 6.97. The Morgan fingerprint density at radius 2 is 1.95 bits per heavy atom. The Bertz CT molecular complexity index is 1470. The summed E-state index contributed by atoms with van der Waals surface area (Å²) in [5.74, 6) is -0.205. The van der Waals surface area contributed by atoms with Gasteiger partial charge in [-0.2, -0.15) is 5.26 Å². The summed E-state index contributed by atoms with van der Waals surface area (Å²) in [6.45, 7) is 6.95. The number of piperazine rings is 1. The summed E-state index contributed by atoms with van der Waals surface area (Å²) in [6.07, 6.45) is 4.67. The topological polar surface area (TPSA) is 104 Å². The van der Waals surface area contributed by atoms with Gasteiger partial charge in [0.25, 0.3) is 0 Å². The second kappa shape index (κ2) is 10.8. The quantitative estimate of drug-likeness (QED) is 0.179. The number of rotatable bonds is 9.